The molecule has 0 aromatic rings. The second-order valence-corrected chi connectivity index (χ2v) is 6.57. The first-order chi connectivity index (χ1) is 8.11. The van der Waals surface area contributed by atoms with E-state index in [1.165, 1.54) is 51.4 Å². The second kappa shape index (κ2) is 8.13. The largest absolute Gasteiger partial charge is 0.311 e. The highest BCUT2D eigenvalue weighted by Crippen LogP contribution is 2.29. The summed E-state index contributed by atoms with van der Waals surface area (Å²) < 4.78 is 0. The van der Waals surface area contributed by atoms with E-state index >= 15 is 0 Å². The summed E-state index contributed by atoms with van der Waals surface area (Å²) in [6.45, 7) is 9.37. The fraction of sp³-hybridized carbons (Fsp3) is 1.00. The molecule has 102 valence electrons. The molecular formula is C16H33N. The van der Waals surface area contributed by atoms with Gasteiger partial charge in [0.15, 0.2) is 0 Å². The molecule has 1 heteroatoms. The first-order valence-corrected chi connectivity index (χ1v) is 7.87. The average Bonchev–Trinajstić information content (AvgIpc) is 2.26. The van der Waals surface area contributed by atoms with Gasteiger partial charge in [-0.25, -0.2) is 0 Å². The Bertz CT molecular complexity index is 188. The van der Waals surface area contributed by atoms with E-state index in [1.807, 2.05) is 0 Å². The first-order valence-electron chi connectivity index (χ1n) is 7.87. The van der Waals surface area contributed by atoms with Crippen molar-refractivity contribution in [1.29, 1.82) is 0 Å². The highest BCUT2D eigenvalue weighted by Gasteiger charge is 2.23. The predicted molar refractivity (Wildman–Crippen MR) is 77.3 cm³/mol. The van der Waals surface area contributed by atoms with Crippen molar-refractivity contribution < 1.29 is 0 Å². The normalized spacial score (nSPS) is 27.4. The third-order valence-electron chi connectivity index (χ3n) is 4.10. The lowest BCUT2D eigenvalue weighted by Gasteiger charge is -2.32. The Kier molecular flexibility index (Phi) is 7.18. The molecular weight excluding hydrogens is 206 g/mol. The molecule has 0 saturated heterocycles. The van der Waals surface area contributed by atoms with E-state index in [0.29, 0.717) is 0 Å². The summed E-state index contributed by atoms with van der Waals surface area (Å²) in [5.74, 6) is 1.86. The van der Waals surface area contributed by atoms with Gasteiger partial charge in [0.2, 0.25) is 0 Å². The quantitative estimate of drug-likeness (QED) is 0.675. The van der Waals surface area contributed by atoms with Crippen LogP contribution in [0.4, 0.5) is 0 Å². The van der Waals surface area contributed by atoms with E-state index in [-0.39, 0.29) is 0 Å². The van der Waals surface area contributed by atoms with Crippen LogP contribution in [0.25, 0.3) is 0 Å². The molecule has 1 saturated carbocycles. The third kappa shape index (κ3) is 6.45. The van der Waals surface area contributed by atoms with Crippen molar-refractivity contribution >= 4 is 0 Å². The van der Waals surface area contributed by atoms with Crippen molar-refractivity contribution in [1.82, 2.24) is 5.32 Å². The summed E-state index contributed by atoms with van der Waals surface area (Å²) in [5, 5.41) is 3.86. The lowest BCUT2D eigenvalue weighted by molar-refractivity contribution is 0.239. The van der Waals surface area contributed by atoms with Crippen LogP contribution < -0.4 is 5.32 Å². The first kappa shape index (κ1) is 15.0. The maximum atomic E-state index is 3.86. The molecule has 0 amide bonds. The minimum atomic E-state index is 0.720. The smallest absolute Gasteiger partial charge is 0.00721 e. The molecule has 3 atom stereocenters. The van der Waals surface area contributed by atoms with Crippen LogP contribution >= 0.6 is 0 Å². The number of hydrogen-bond donors (Lipinski definition) is 1. The van der Waals surface area contributed by atoms with Crippen molar-refractivity contribution in [2.75, 3.05) is 0 Å². The van der Waals surface area contributed by atoms with Crippen molar-refractivity contribution in [2.24, 2.45) is 11.8 Å². The Morgan fingerprint density at radius 3 is 2.59 bits per heavy atom. The van der Waals surface area contributed by atoms with E-state index in [9.17, 15) is 0 Å². The van der Waals surface area contributed by atoms with Gasteiger partial charge in [-0.05, 0) is 44.4 Å². The number of rotatable bonds is 7. The van der Waals surface area contributed by atoms with Crippen LogP contribution in [0, 0.1) is 11.8 Å². The Morgan fingerprint density at radius 2 is 1.94 bits per heavy atom. The molecule has 0 aromatic carbocycles. The average molecular weight is 239 g/mol. The fourth-order valence-corrected chi connectivity index (χ4v) is 3.32. The summed E-state index contributed by atoms with van der Waals surface area (Å²) in [6.07, 6.45) is 11.2. The van der Waals surface area contributed by atoms with Crippen molar-refractivity contribution in [3.8, 4) is 0 Å². The molecule has 1 nitrogen and oxygen atoms in total. The van der Waals surface area contributed by atoms with Gasteiger partial charge in [0.1, 0.15) is 0 Å². The van der Waals surface area contributed by atoms with E-state index in [0.717, 1.165) is 23.9 Å². The van der Waals surface area contributed by atoms with Crippen LogP contribution in [0.1, 0.15) is 79.1 Å². The van der Waals surface area contributed by atoms with Gasteiger partial charge >= 0.3 is 0 Å². The maximum Gasteiger partial charge on any atom is 0.00721 e. The van der Waals surface area contributed by atoms with Gasteiger partial charge in [-0.2, -0.15) is 0 Å². The van der Waals surface area contributed by atoms with E-state index < -0.39 is 0 Å². The van der Waals surface area contributed by atoms with Gasteiger partial charge in [0, 0.05) is 12.1 Å². The lowest BCUT2D eigenvalue weighted by Crippen LogP contribution is -2.39. The molecule has 1 aliphatic rings. The monoisotopic (exact) mass is 239 g/mol. The Labute approximate surface area is 109 Å². The van der Waals surface area contributed by atoms with Crippen LogP contribution in [0.15, 0.2) is 0 Å². The van der Waals surface area contributed by atoms with Gasteiger partial charge in [0.25, 0.3) is 0 Å². The highest BCUT2D eigenvalue weighted by molar-refractivity contribution is 4.80. The topological polar surface area (TPSA) is 12.0 Å². The SMILES string of the molecule is CCCCC(C)NC1CCCC(CC(C)C)C1. The molecule has 0 aromatic heterocycles. The standard InChI is InChI=1S/C16H33N/c1-5-6-8-14(4)17-16-10-7-9-15(12-16)11-13(2)3/h13-17H,5-12H2,1-4H3. The van der Waals surface area contributed by atoms with E-state index in [1.54, 1.807) is 0 Å². The number of nitrogens with one attached hydrogen (secondary N) is 1. The lowest BCUT2D eigenvalue weighted by atomic mass is 9.81. The van der Waals surface area contributed by atoms with Crippen molar-refractivity contribution in [3.63, 3.8) is 0 Å². The Balaban J connectivity index is 2.24. The van der Waals surface area contributed by atoms with Crippen molar-refractivity contribution in [2.45, 2.75) is 91.1 Å². The van der Waals surface area contributed by atoms with Crippen LogP contribution in [0.3, 0.4) is 0 Å². The van der Waals surface area contributed by atoms with Crippen molar-refractivity contribution in [3.05, 3.63) is 0 Å². The van der Waals surface area contributed by atoms with Gasteiger partial charge in [-0.15, -0.1) is 0 Å². The van der Waals surface area contributed by atoms with E-state index in [2.05, 4.69) is 33.0 Å². The molecule has 1 N–H and O–H groups in total. The third-order valence-corrected chi connectivity index (χ3v) is 4.10. The van der Waals surface area contributed by atoms with Gasteiger partial charge in [0.05, 0.1) is 0 Å². The summed E-state index contributed by atoms with van der Waals surface area (Å²) >= 11 is 0. The Morgan fingerprint density at radius 1 is 1.18 bits per heavy atom. The number of unbranched alkanes of at least 4 members (excludes halogenated alkanes) is 1. The molecule has 0 aliphatic heterocycles. The molecule has 0 spiro atoms. The van der Waals surface area contributed by atoms with E-state index in [4.69, 9.17) is 0 Å². The van der Waals surface area contributed by atoms with Gasteiger partial charge < -0.3 is 5.32 Å². The molecule has 0 bridgehead atoms. The molecule has 1 rings (SSSR count). The molecule has 0 radical (unpaired) electrons. The maximum absolute atomic E-state index is 3.86. The number of hydrogen-bond acceptors (Lipinski definition) is 1. The summed E-state index contributed by atoms with van der Waals surface area (Å²) in [6, 6.07) is 1.53. The van der Waals surface area contributed by atoms with Gasteiger partial charge in [-0.1, -0.05) is 46.5 Å². The highest BCUT2D eigenvalue weighted by atomic mass is 14.9. The van der Waals surface area contributed by atoms with Crippen LogP contribution in [-0.4, -0.2) is 12.1 Å². The second-order valence-electron chi connectivity index (χ2n) is 6.57. The van der Waals surface area contributed by atoms with Gasteiger partial charge in [-0.3, -0.25) is 0 Å². The summed E-state index contributed by atoms with van der Waals surface area (Å²) in [5.41, 5.74) is 0. The molecule has 3 unspecified atom stereocenters. The molecule has 0 heterocycles. The molecule has 17 heavy (non-hydrogen) atoms. The van der Waals surface area contributed by atoms with Crippen LogP contribution in [0.2, 0.25) is 0 Å². The zero-order chi connectivity index (χ0) is 12.7. The summed E-state index contributed by atoms with van der Waals surface area (Å²) in [4.78, 5) is 0. The Hall–Kier alpha value is -0.0400. The predicted octanol–water partition coefficient (Wildman–Crippen LogP) is 4.76. The van der Waals surface area contributed by atoms with Crippen LogP contribution in [-0.2, 0) is 0 Å². The minimum Gasteiger partial charge on any atom is -0.311 e. The zero-order valence-electron chi connectivity index (χ0n) is 12.5. The molecule has 1 aliphatic carbocycles. The van der Waals surface area contributed by atoms with Crippen LogP contribution in [0.5, 0.6) is 0 Å². The zero-order valence-corrected chi connectivity index (χ0v) is 12.5. The minimum absolute atomic E-state index is 0.720. The molecule has 1 fully saturated rings. The fourth-order valence-electron chi connectivity index (χ4n) is 3.32. The summed E-state index contributed by atoms with van der Waals surface area (Å²) in [7, 11) is 0.